The summed E-state index contributed by atoms with van der Waals surface area (Å²) < 4.78 is -1.61. The zero-order valence-electron chi connectivity index (χ0n) is 7.13. The Morgan fingerprint density at radius 1 is 1.15 bits per heavy atom. The Balaban J connectivity index is 0. The third-order valence-corrected chi connectivity index (χ3v) is 1.17. The van der Waals surface area contributed by atoms with Crippen molar-refractivity contribution in [3.05, 3.63) is 0 Å². The fourth-order valence-electron chi connectivity index (χ4n) is 0.514. The second-order valence-corrected chi connectivity index (χ2v) is 6.09. The van der Waals surface area contributed by atoms with Crippen LogP contribution in [0.1, 0.15) is 32.6 Å². The van der Waals surface area contributed by atoms with E-state index >= 15 is 0 Å². The lowest BCUT2D eigenvalue weighted by Crippen LogP contribution is -1.84. The van der Waals surface area contributed by atoms with Crippen LogP contribution in [0.25, 0.3) is 0 Å². The number of unbranched alkanes of at least 4 members (excludes halogenated alkanes) is 2. The zero-order valence-corrected chi connectivity index (χ0v) is 10.9. The third kappa shape index (κ3) is 43.3. The molecule has 0 heterocycles. The first-order valence-corrected chi connectivity index (χ1v) is 5.60. The van der Waals surface area contributed by atoms with Crippen molar-refractivity contribution in [1.82, 2.24) is 0 Å². The molecule has 0 amide bonds. The Morgan fingerprint density at radius 2 is 1.54 bits per heavy atom. The molecule has 0 saturated carbocycles. The molecular weight excluding hydrogens is 277 g/mol. The fraction of sp³-hybridized carbons (Fsp3) is 0.857. The van der Waals surface area contributed by atoms with Crippen LogP contribution in [0.3, 0.4) is 0 Å². The second kappa shape index (κ2) is 9.67. The molecule has 13 heavy (non-hydrogen) atoms. The number of halogens is 5. The molecule has 0 aliphatic carbocycles. The highest BCUT2D eigenvalue weighted by atomic mass is 35.6. The summed E-state index contributed by atoms with van der Waals surface area (Å²) in [5, 5.41) is -0.210. The molecule has 6 heteroatoms. The minimum absolute atomic E-state index is 0.210. The molecule has 0 aromatic carbocycles. The summed E-state index contributed by atoms with van der Waals surface area (Å²) >= 11 is 24.4. The molecule has 0 radical (unpaired) electrons. The average Bonchev–Trinajstić information content (AvgIpc) is 1.83. The monoisotopic (exact) mass is 286 g/mol. The highest BCUT2D eigenvalue weighted by molar-refractivity contribution is 6.83. The first-order valence-electron chi connectivity index (χ1n) is 3.71. The summed E-state index contributed by atoms with van der Waals surface area (Å²) in [7, 11) is 0. The van der Waals surface area contributed by atoms with Crippen molar-refractivity contribution in [3.8, 4) is 0 Å². The number of carbonyl (C=O) groups is 1. The predicted octanol–water partition coefficient (Wildman–Crippen LogP) is 4.89. The van der Waals surface area contributed by atoms with Crippen LogP contribution in [0.5, 0.6) is 0 Å². The molecule has 0 aromatic rings. The number of hydrogen-bond acceptors (Lipinski definition) is 1. The van der Waals surface area contributed by atoms with Crippen LogP contribution in [-0.4, -0.2) is 8.49 Å². The van der Waals surface area contributed by atoms with Crippen LogP contribution < -0.4 is 0 Å². The molecule has 0 spiro atoms. The first kappa shape index (κ1) is 16.5. The summed E-state index contributed by atoms with van der Waals surface area (Å²) in [6, 6.07) is 0. The van der Waals surface area contributed by atoms with Gasteiger partial charge in [-0.2, -0.15) is 0 Å². The summed E-state index contributed by atoms with van der Waals surface area (Å²) in [4.78, 5) is 10.1. The molecule has 0 rings (SSSR count). The van der Waals surface area contributed by atoms with Gasteiger partial charge in [0.15, 0.2) is 0 Å². The van der Waals surface area contributed by atoms with Gasteiger partial charge in [-0.05, 0) is 18.0 Å². The lowest BCUT2D eigenvalue weighted by Gasteiger charge is -1.91. The number of alkyl halides is 4. The van der Waals surface area contributed by atoms with Gasteiger partial charge in [-0.1, -0.05) is 66.2 Å². The highest BCUT2D eigenvalue weighted by Gasteiger charge is 2.11. The van der Waals surface area contributed by atoms with Gasteiger partial charge in [0.1, 0.15) is 0 Å². The van der Waals surface area contributed by atoms with Crippen molar-refractivity contribution in [2.45, 2.75) is 35.9 Å². The Hall–Kier alpha value is 1.12. The molecule has 0 atom stereocenters. The molecule has 0 N–H and O–H groups in total. The minimum Gasteiger partial charge on any atom is -0.281 e. The quantitative estimate of drug-likeness (QED) is 0.409. The van der Waals surface area contributed by atoms with Crippen LogP contribution in [0, 0.1) is 0 Å². The minimum atomic E-state index is -1.61. The Morgan fingerprint density at radius 3 is 1.77 bits per heavy atom. The molecule has 0 bridgehead atoms. The predicted molar refractivity (Wildman–Crippen MR) is 61.1 cm³/mol. The van der Waals surface area contributed by atoms with Crippen molar-refractivity contribution in [3.63, 3.8) is 0 Å². The van der Waals surface area contributed by atoms with E-state index in [4.69, 9.17) is 58.0 Å². The fourth-order valence-corrected chi connectivity index (χ4v) is 0.648. The van der Waals surface area contributed by atoms with Crippen LogP contribution in [0.4, 0.5) is 0 Å². The van der Waals surface area contributed by atoms with Gasteiger partial charge in [0, 0.05) is 6.42 Å². The van der Waals surface area contributed by atoms with Gasteiger partial charge in [0.25, 0.3) is 3.25 Å². The maximum Gasteiger partial charge on any atom is 0.266 e. The van der Waals surface area contributed by atoms with Crippen LogP contribution >= 0.6 is 58.0 Å². The van der Waals surface area contributed by atoms with E-state index < -0.39 is 3.25 Å². The smallest absolute Gasteiger partial charge is 0.266 e. The van der Waals surface area contributed by atoms with Gasteiger partial charge in [0.2, 0.25) is 5.24 Å². The van der Waals surface area contributed by atoms with E-state index in [-0.39, 0.29) is 5.24 Å². The molecule has 0 aliphatic rings. The maximum absolute atomic E-state index is 10.1. The van der Waals surface area contributed by atoms with Gasteiger partial charge < -0.3 is 0 Å². The highest BCUT2D eigenvalue weighted by Crippen LogP contribution is 2.29. The molecule has 0 aromatic heterocycles. The topological polar surface area (TPSA) is 17.1 Å². The number of rotatable bonds is 4. The lowest BCUT2D eigenvalue weighted by molar-refractivity contribution is -0.111. The Labute approximate surface area is 104 Å². The molecule has 0 fully saturated rings. The van der Waals surface area contributed by atoms with Crippen molar-refractivity contribution in [1.29, 1.82) is 0 Å². The standard InChI is InChI=1S/C6H11ClO.CCl4/c1-2-3-4-5-6(7)8;2-1(3,4)5/h2-5H2,1H3;. The van der Waals surface area contributed by atoms with Crippen LogP contribution in [0.2, 0.25) is 0 Å². The van der Waals surface area contributed by atoms with Gasteiger partial charge in [-0.15, -0.1) is 0 Å². The summed E-state index contributed by atoms with van der Waals surface area (Å²) in [6.07, 6.45) is 3.73. The largest absolute Gasteiger partial charge is 0.281 e. The Bertz CT molecular complexity index is 125. The van der Waals surface area contributed by atoms with E-state index in [9.17, 15) is 4.79 Å². The van der Waals surface area contributed by atoms with E-state index in [2.05, 4.69) is 6.92 Å². The van der Waals surface area contributed by atoms with Crippen molar-refractivity contribution in [2.75, 3.05) is 0 Å². The van der Waals surface area contributed by atoms with Crippen molar-refractivity contribution >= 4 is 63.2 Å². The summed E-state index contributed by atoms with van der Waals surface area (Å²) in [6.45, 7) is 2.10. The SMILES string of the molecule is CCCCCC(=O)Cl.ClC(Cl)(Cl)Cl. The first-order chi connectivity index (χ1) is 5.77. The van der Waals surface area contributed by atoms with Gasteiger partial charge >= 0.3 is 0 Å². The van der Waals surface area contributed by atoms with E-state index in [0.717, 1.165) is 19.3 Å². The van der Waals surface area contributed by atoms with E-state index in [1.54, 1.807) is 0 Å². The van der Waals surface area contributed by atoms with Crippen LogP contribution in [-0.2, 0) is 4.79 Å². The number of carbonyl (C=O) groups excluding carboxylic acids is 1. The average molecular weight is 288 g/mol. The summed E-state index contributed by atoms with van der Waals surface area (Å²) in [5.41, 5.74) is 0. The lowest BCUT2D eigenvalue weighted by atomic mass is 10.2. The second-order valence-electron chi connectivity index (χ2n) is 2.24. The van der Waals surface area contributed by atoms with Crippen molar-refractivity contribution < 1.29 is 4.79 Å². The van der Waals surface area contributed by atoms with Crippen molar-refractivity contribution in [2.24, 2.45) is 0 Å². The van der Waals surface area contributed by atoms with Gasteiger partial charge in [0.05, 0.1) is 0 Å². The molecule has 0 aliphatic heterocycles. The molecular formula is C7H11Cl5O. The molecule has 1 nitrogen and oxygen atoms in total. The molecule has 0 saturated heterocycles. The molecule has 0 unspecified atom stereocenters. The summed E-state index contributed by atoms with van der Waals surface area (Å²) in [5.74, 6) is 0. The van der Waals surface area contributed by atoms with E-state index in [1.807, 2.05) is 0 Å². The normalized spacial score (nSPS) is 10.3. The number of hydrogen-bond donors (Lipinski definition) is 0. The van der Waals surface area contributed by atoms with E-state index in [0.29, 0.717) is 6.42 Å². The van der Waals surface area contributed by atoms with Gasteiger partial charge in [-0.25, -0.2) is 0 Å². The third-order valence-electron chi connectivity index (χ3n) is 0.977. The zero-order chi connectivity index (χ0) is 10.9. The van der Waals surface area contributed by atoms with Gasteiger partial charge in [-0.3, -0.25) is 4.79 Å². The Kier molecular flexibility index (Phi) is 12.3. The molecule has 80 valence electrons. The van der Waals surface area contributed by atoms with Crippen LogP contribution in [0.15, 0.2) is 0 Å². The maximum atomic E-state index is 10.1. The van der Waals surface area contributed by atoms with E-state index in [1.165, 1.54) is 0 Å².